The summed E-state index contributed by atoms with van der Waals surface area (Å²) >= 11 is 0. The van der Waals surface area contributed by atoms with Crippen LogP contribution in [0.3, 0.4) is 0 Å². The standard InChI is InChI=1S/C32H34N4O2/c1-3-4-14-36-28(18-33-32(36)26-8-6-5-7-9-26)21-35(20-25-11-13-30-31(17-25)38-22-37-30)19-24-10-12-29-27(16-24)15-23(2)34-29/h5-13,15-18,34H,3-4,14,19-22H2,1-2H3. The van der Waals surface area contributed by atoms with Gasteiger partial charge in [-0.05, 0) is 60.2 Å². The van der Waals surface area contributed by atoms with Gasteiger partial charge in [0.15, 0.2) is 11.5 Å². The number of aromatic nitrogens is 3. The molecule has 0 atom stereocenters. The number of rotatable bonds is 10. The molecular formula is C32H34N4O2. The summed E-state index contributed by atoms with van der Waals surface area (Å²) in [5.74, 6) is 2.69. The van der Waals surface area contributed by atoms with Crippen LogP contribution in [-0.2, 0) is 26.2 Å². The Balaban J connectivity index is 1.32. The van der Waals surface area contributed by atoms with Gasteiger partial charge in [-0.3, -0.25) is 4.90 Å². The van der Waals surface area contributed by atoms with Crippen LogP contribution in [0.15, 0.2) is 79.0 Å². The Morgan fingerprint density at radius 3 is 2.53 bits per heavy atom. The molecule has 0 saturated carbocycles. The van der Waals surface area contributed by atoms with Crippen LogP contribution >= 0.6 is 0 Å². The van der Waals surface area contributed by atoms with E-state index in [0.717, 1.165) is 61.9 Å². The lowest BCUT2D eigenvalue weighted by atomic mass is 10.1. The zero-order chi connectivity index (χ0) is 25.9. The van der Waals surface area contributed by atoms with Gasteiger partial charge in [-0.1, -0.05) is 55.8 Å². The van der Waals surface area contributed by atoms with Gasteiger partial charge in [0.2, 0.25) is 6.79 Å². The van der Waals surface area contributed by atoms with Crippen molar-refractivity contribution in [1.29, 1.82) is 0 Å². The first-order valence-electron chi connectivity index (χ1n) is 13.5. The Hall–Kier alpha value is -4.03. The number of imidazole rings is 1. The quantitative estimate of drug-likeness (QED) is 0.220. The van der Waals surface area contributed by atoms with Crippen LogP contribution in [0.4, 0.5) is 0 Å². The van der Waals surface area contributed by atoms with E-state index in [1.165, 1.54) is 33.4 Å². The first-order valence-corrected chi connectivity index (χ1v) is 13.5. The van der Waals surface area contributed by atoms with Crippen molar-refractivity contribution in [2.45, 2.75) is 52.9 Å². The number of ether oxygens (including phenoxy) is 2. The summed E-state index contributed by atoms with van der Waals surface area (Å²) in [5, 5.41) is 1.25. The highest BCUT2D eigenvalue weighted by Crippen LogP contribution is 2.33. The van der Waals surface area contributed by atoms with E-state index >= 15 is 0 Å². The molecule has 5 aromatic rings. The average Bonchev–Trinajstić information content (AvgIpc) is 3.65. The van der Waals surface area contributed by atoms with E-state index in [2.05, 4.69) is 101 Å². The highest BCUT2D eigenvalue weighted by molar-refractivity contribution is 5.81. The second kappa shape index (κ2) is 10.8. The fourth-order valence-electron chi connectivity index (χ4n) is 5.30. The minimum Gasteiger partial charge on any atom is -0.454 e. The molecule has 194 valence electrons. The molecule has 0 spiro atoms. The molecule has 1 aliphatic heterocycles. The molecule has 3 heterocycles. The highest BCUT2D eigenvalue weighted by atomic mass is 16.7. The summed E-state index contributed by atoms with van der Waals surface area (Å²) in [7, 11) is 0. The van der Waals surface area contributed by atoms with Gasteiger partial charge >= 0.3 is 0 Å². The summed E-state index contributed by atoms with van der Waals surface area (Å²) in [6.45, 7) is 8.01. The molecule has 1 aliphatic rings. The van der Waals surface area contributed by atoms with Gasteiger partial charge in [0.05, 0.1) is 11.9 Å². The smallest absolute Gasteiger partial charge is 0.231 e. The van der Waals surface area contributed by atoms with E-state index in [0.29, 0.717) is 0 Å². The molecule has 6 heteroatoms. The van der Waals surface area contributed by atoms with E-state index < -0.39 is 0 Å². The number of nitrogens with one attached hydrogen (secondary N) is 1. The maximum Gasteiger partial charge on any atom is 0.231 e. The third-order valence-corrected chi connectivity index (χ3v) is 7.16. The van der Waals surface area contributed by atoms with E-state index in [4.69, 9.17) is 14.5 Å². The Morgan fingerprint density at radius 1 is 0.895 bits per heavy atom. The number of hydrogen-bond acceptors (Lipinski definition) is 4. The maximum atomic E-state index is 5.67. The normalized spacial score (nSPS) is 12.6. The molecule has 0 bridgehead atoms. The zero-order valence-electron chi connectivity index (χ0n) is 22.1. The summed E-state index contributed by atoms with van der Waals surface area (Å²) in [6, 6.07) is 25.7. The van der Waals surface area contributed by atoms with Crippen molar-refractivity contribution in [1.82, 2.24) is 19.4 Å². The SMILES string of the molecule is CCCCn1c(CN(Cc2ccc3c(c2)OCO3)Cc2ccc3[nH]c(C)cc3c2)cnc1-c1ccccc1. The number of unbranched alkanes of at least 4 members (excludes halogenated alkanes) is 1. The first kappa shape index (κ1) is 24.3. The van der Waals surface area contributed by atoms with Crippen LogP contribution in [0.1, 0.15) is 42.3 Å². The van der Waals surface area contributed by atoms with Gasteiger partial charge in [-0.2, -0.15) is 0 Å². The molecule has 0 fully saturated rings. The Labute approximate surface area is 223 Å². The minimum atomic E-state index is 0.289. The predicted molar refractivity (Wildman–Crippen MR) is 151 cm³/mol. The molecule has 6 rings (SSSR count). The second-order valence-electron chi connectivity index (χ2n) is 10.2. The monoisotopic (exact) mass is 506 g/mol. The van der Waals surface area contributed by atoms with E-state index in [1.807, 2.05) is 6.07 Å². The van der Waals surface area contributed by atoms with Crippen LogP contribution in [0.2, 0.25) is 0 Å². The number of H-pyrrole nitrogens is 1. The van der Waals surface area contributed by atoms with Crippen molar-refractivity contribution >= 4 is 10.9 Å². The molecular weight excluding hydrogens is 472 g/mol. The van der Waals surface area contributed by atoms with E-state index in [1.54, 1.807) is 0 Å². The Morgan fingerprint density at radius 2 is 1.68 bits per heavy atom. The van der Waals surface area contributed by atoms with E-state index in [9.17, 15) is 0 Å². The molecule has 3 aromatic carbocycles. The van der Waals surface area contributed by atoms with Crippen molar-refractivity contribution in [3.63, 3.8) is 0 Å². The van der Waals surface area contributed by atoms with Gasteiger partial charge in [0.1, 0.15) is 5.82 Å². The lowest BCUT2D eigenvalue weighted by Gasteiger charge is -2.24. The van der Waals surface area contributed by atoms with Crippen LogP contribution in [0.5, 0.6) is 11.5 Å². The third-order valence-electron chi connectivity index (χ3n) is 7.16. The van der Waals surface area contributed by atoms with Gasteiger partial charge in [-0.25, -0.2) is 4.98 Å². The minimum absolute atomic E-state index is 0.289. The summed E-state index contributed by atoms with van der Waals surface area (Å²) in [5.41, 5.74) is 7.25. The van der Waals surface area contributed by atoms with Gasteiger partial charge in [0, 0.05) is 43.0 Å². The largest absolute Gasteiger partial charge is 0.454 e. The summed E-state index contributed by atoms with van der Waals surface area (Å²) in [4.78, 5) is 10.8. The number of nitrogens with zero attached hydrogens (tertiary/aromatic N) is 3. The highest BCUT2D eigenvalue weighted by Gasteiger charge is 2.18. The molecule has 0 radical (unpaired) electrons. The van der Waals surface area contributed by atoms with Crippen molar-refractivity contribution in [2.75, 3.05) is 6.79 Å². The van der Waals surface area contributed by atoms with Gasteiger partial charge in [0.25, 0.3) is 0 Å². The third kappa shape index (κ3) is 5.18. The van der Waals surface area contributed by atoms with Crippen LogP contribution < -0.4 is 9.47 Å². The fraction of sp³-hybridized carbons (Fsp3) is 0.281. The van der Waals surface area contributed by atoms with E-state index in [-0.39, 0.29) is 6.79 Å². The number of fused-ring (bicyclic) bond motifs is 2. The van der Waals surface area contributed by atoms with Gasteiger partial charge < -0.3 is 19.0 Å². The fourth-order valence-corrected chi connectivity index (χ4v) is 5.30. The number of aromatic amines is 1. The predicted octanol–water partition coefficient (Wildman–Crippen LogP) is 7.07. The van der Waals surface area contributed by atoms with Crippen molar-refractivity contribution in [2.24, 2.45) is 0 Å². The molecule has 0 amide bonds. The van der Waals surface area contributed by atoms with Crippen LogP contribution in [0.25, 0.3) is 22.3 Å². The van der Waals surface area contributed by atoms with Gasteiger partial charge in [-0.15, -0.1) is 0 Å². The number of benzene rings is 3. The maximum absolute atomic E-state index is 5.67. The average molecular weight is 507 g/mol. The van der Waals surface area contributed by atoms with Crippen LogP contribution in [-0.4, -0.2) is 26.2 Å². The lowest BCUT2D eigenvalue weighted by molar-refractivity contribution is 0.174. The number of aryl methyl sites for hydroxylation is 1. The molecule has 1 N–H and O–H groups in total. The summed E-state index contributed by atoms with van der Waals surface area (Å²) in [6.07, 6.45) is 4.32. The lowest BCUT2D eigenvalue weighted by Crippen LogP contribution is -2.24. The first-order chi connectivity index (χ1) is 18.7. The second-order valence-corrected chi connectivity index (χ2v) is 10.2. The van der Waals surface area contributed by atoms with Crippen molar-refractivity contribution in [3.8, 4) is 22.9 Å². The Bertz CT molecular complexity index is 1540. The Kier molecular flexibility index (Phi) is 6.88. The van der Waals surface area contributed by atoms with Crippen molar-refractivity contribution in [3.05, 3.63) is 102 Å². The topological polar surface area (TPSA) is 55.3 Å². The molecule has 2 aromatic heterocycles. The molecule has 0 saturated heterocycles. The molecule has 0 aliphatic carbocycles. The van der Waals surface area contributed by atoms with Crippen molar-refractivity contribution < 1.29 is 9.47 Å². The zero-order valence-corrected chi connectivity index (χ0v) is 22.1. The van der Waals surface area contributed by atoms with Crippen LogP contribution in [0, 0.1) is 6.92 Å². The molecule has 38 heavy (non-hydrogen) atoms. The molecule has 6 nitrogen and oxygen atoms in total. The molecule has 0 unspecified atom stereocenters. The summed E-state index contributed by atoms with van der Waals surface area (Å²) < 4.78 is 13.6. The number of hydrogen-bond donors (Lipinski definition) is 1.